The fourth-order valence-corrected chi connectivity index (χ4v) is 3.70. The monoisotopic (exact) mass is 363 g/mol. The number of aromatic nitrogens is 3. The maximum Gasteiger partial charge on any atom is 0.257 e. The second kappa shape index (κ2) is 6.92. The van der Waals surface area contributed by atoms with Crippen molar-refractivity contribution < 1.29 is 9.90 Å². The summed E-state index contributed by atoms with van der Waals surface area (Å²) >= 11 is 0. The number of aryl methyl sites for hydroxylation is 1. The van der Waals surface area contributed by atoms with E-state index >= 15 is 0 Å². The number of hydrogen-bond donors (Lipinski definition) is 2. The Morgan fingerprint density at radius 1 is 1.26 bits per heavy atom. The van der Waals surface area contributed by atoms with Crippen molar-refractivity contribution in [2.24, 2.45) is 5.92 Å². The minimum absolute atomic E-state index is 0.0326. The van der Waals surface area contributed by atoms with Gasteiger partial charge < -0.3 is 15.7 Å². The molecule has 1 aliphatic heterocycles. The Morgan fingerprint density at radius 2 is 2.07 bits per heavy atom. The number of anilines is 1. The number of pyridine rings is 1. The second-order valence-electron chi connectivity index (χ2n) is 6.96. The summed E-state index contributed by atoms with van der Waals surface area (Å²) in [5.74, 6) is -0.0589. The predicted molar refractivity (Wildman–Crippen MR) is 102 cm³/mol. The van der Waals surface area contributed by atoms with Gasteiger partial charge in [0.05, 0.1) is 22.9 Å². The summed E-state index contributed by atoms with van der Waals surface area (Å²) in [6, 6.07) is 9.94. The number of carbonyl (C=O) groups is 1. The average molecular weight is 363 g/mol. The van der Waals surface area contributed by atoms with E-state index in [1.807, 2.05) is 30.3 Å². The molecule has 2 aromatic heterocycles. The van der Waals surface area contributed by atoms with Crippen LogP contribution in [0.5, 0.6) is 0 Å². The van der Waals surface area contributed by atoms with E-state index in [9.17, 15) is 9.90 Å². The maximum atomic E-state index is 12.8. The molecule has 0 bridgehead atoms. The normalized spacial score (nSPS) is 19.6. The number of amides is 1. The molecular weight excluding hydrogens is 342 g/mol. The summed E-state index contributed by atoms with van der Waals surface area (Å²) < 4.78 is 0. The van der Waals surface area contributed by atoms with Crippen LogP contribution in [0.4, 0.5) is 5.95 Å². The van der Waals surface area contributed by atoms with Crippen molar-refractivity contribution in [1.82, 2.24) is 19.9 Å². The molecule has 1 amide bonds. The van der Waals surface area contributed by atoms with Gasteiger partial charge in [0.25, 0.3) is 5.91 Å². The van der Waals surface area contributed by atoms with Crippen LogP contribution in [0.25, 0.3) is 10.9 Å². The number of carbonyl (C=O) groups excluding carboxylic acids is 1. The van der Waals surface area contributed by atoms with E-state index < -0.39 is 6.10 Å². The van der Waals surface area contributed by atoms with Crippen molar-refractivity contribution in [2.45, 2.75) is 19.4 Å². The average Bonchev–Trinajstić information content (AvgIpc) is 3.02. The number of rotatable bonds is 3. The second-order valence-corrected chi connectivity index (χ2v) is 6.96. The molecule has 27 heavy (non-hydrogen) atoms. The Balaban J connectivity index is 1.54. The molecule has 2 unspecified atom stereocenters. The minimum atomic E-state index is -0.573. The molecule has 1 aromatic carbocycles. The zero-order chi connectivity index (χ0) is 19.0. The standard InChI is InChI=1S/C20H21N5O2/c1-12-16(9-23-20(21)24-12)19(27)25-10-14(18(26)11-25)8-13-6-7-22-17-5-3-2-4-15(13)17/h2-7,9,14,18,26H,8,10-11H2,1H3,(H2,21,23,24). The fourth-order valence-electron chi connectivity index (χ4n) is 3.70. The molecule has 0 spiro atoms. The van der Waals surface area contributed by atoms with Crippen molar-refractivity contribution in [3.8, 4) is 0 Å². The summed E-state index contributed by atoms with van der Waals surface area (Å²) in [5.41, 5.74) is 8.60. The lowest BCUT2D eigenvalue weighted by atomic mass is 9.94. The van der Waals surface area contributed by atoms with Gasteiger partial charge >= 0.3 is 0 Å². The van der Waals surface area contributed by atoms with E-state index in [4.69, 9.17) is 5.73 Å². The summed E-state index contributed by atoms with van der Waals surface area (Å²) in [5, 5.41) is 11.6. The minimum Gasteiger partial charge on any atom is -0.391 e. The molecule has 3 N–H and O–H groups in total. The predicted octanol–water partition coefficient (Wildman–Crippen LogP) is 1.59. The number of aliphatic hydroxyl groups is 1. The third-order valence-electron chi connectivity index (χ3n) is 5.14. The highest BCUT2D eigenvalue weighted by atomic mass is 16.3. The first-order valence-corrected chi connectivity index (χ1v) is 8.92. The van der Waals surface area contributed by atoms with E-state index in [1.54, 1.807) is 18.0 Å². The molecular formula is C20H21N5O2. The topological polar surface area (TPSA) is 105 Å². The Morgan fingerprint density at radius 3 is 2.89 bits per heavy atom. The molecule has 3 heterocycles. The number of β-amino-alcohol motifs (C(OH)–C–C–N with tert-alkyl or cyclic N) is 1. The zero-order valence-electron chi connectivity index (χ0n) is 15.0. The highest BCUT2D eigenvalue weighted by Gasteiger charge is 2.35. The summed E-state index contributed by atoms with van der Waals surface area (Å²) in [6.45, 7) is 2.52. The number of para-hydroxylation sites is 1. The Bertz CT molecular complexity index is 1000. The number of hydrogen-bond acceptors (Lipinski definition) is 6. The highest BCUT2D eigenvalue weighted by Crippen LogP contribution is 2.26. The van der Waals surface area contributed by atoms with Gasteiger partial charge in [0.1, 0.15) is 0 Å². The molecule has 4 rings (SSSR count). The molecule has 7 nitrogen and oxygen atoms in total. The summed E-state index contributed by atoms with van der Waals surface area (Å²) in [6.07, 6.45) is 3.36. The van der Waals surface area contributed by atoms with Crippen LogP contribution in [-0.2, 0) is 6.42 Å². The molecule has 1 fully saturated rings. The molecule has 2 atom stereocenters. The molecule has 1 aliphatic rings. The highest BCUT2D eigenvalue weighted by molar-refractivity contribution is 5.95. The van der Waals surface area contributed by atoms with Crippen LogP contribution in [0.15, 0.2) is 42.7 Å². The molecule has 0 aliphatic carbocycles. The van der Waals surface area contributed by atoms with E-state index in [0.29, 0.717) is 30.8 Å². The van der Waals surface area contributed by atoms with E-state index in [-0.39, 0.29) is 17.8 Å². The van der Waals surface area contributed by atoms with E-state index in [1.165, 1.54) is 6.20 Å². The Kier molecular flexibility index (Phi) is 4.45. The third-order valence-corrected chi connectivity index (χ3v) is 5.14. The van der Waals surface area contributed by atoms with Gasteiger partial charge in [-0.1, -0.05) is 18.2 Å². The molecule has 7 heteroatoms. The SMILES string of the molecule is Cc1nc(N)ncc1C(=O)N1CC(O)C(Cc2ccnc3ccccc23)C1. The molecule has 0 saturated carbocycles. The van der Waals surface area contributed by atoms with Gasteiger partial charge in [-0.15, -0.1) is 0 Å². The van der Waals surface area contributed by atoms with Gasteiger partial charge in [-0.25, -0.2) is 9.97 Å². The van der Waals surface area contributed by atoms with Gasteiger partial charge in [-0.2, -0.15) is 0 Å². The van der Waals surface area contributed by atoms with Gasteiger partial charge in [-0.05, 0) is 31.0 Å². The lowest BCUT2D eigenvalue weighted by Gasteiger charge is -2.17. The first-order chi connectivity index (χ1) is 13.0. The first-order valence-electron chi connectivity index (χ1n) is 8.92. The lowest BCUT2D eigenvalue weighted by Crippen LogP contribution is -2.30. The smallest absolute Gasteiger partial charge is 0.257 e. The number of nitrogens with zero attached hydrogens (tertiary/aromatic N) is 4. The Hall–Kier alpha value is -3.06. The number of nitrogen functional groups attached to an aromatic ring is 1. The van der Waals surface area contributed by atoms with Crippen molar-refractivity contribution in [3.63, 3.8) is 0 Å². The number of benzene rings is 1. The van der Waals surface area contributed by atoms with Crippen molar-refractivity contribution >= 4 is 22.8 Å². The van der Waals surface area contributed by atoms with Crippen molar-refractivity contribution in [1.29, 1.82) is 0 Å². The Labute approximate surface area is 156 Å². The first kappa shape index (κ1) is 17.4. The maximum absolute atomic E-state index is 12.8. The fraction of sp³-hybridized carbons (Fsp3) is 0.300. The van der Waals surface area contributed by atoms with E-state index in [0.717, 1.165) is 16.5 Å². The zero-order valence-corrected chi connectivity index (χ0v) is 15.0. The largest absolute Gasteiger partial charge is 0.391 e. The van der Waals surface area contributed by atoms with Crippen LogP contribution in [-0.4, -0.2) is 50.1 Å². The van der Waals surface area contributed by atoms with Crippen LogP contribution in [0.3, 0.4) is 0 Å². The van der Waals surface area contributed by atoms with Crippen molar-refractivity contribution in [3.05, 3.63) is 59.5 Å². The van der Waals surface area contributed by atoms with E-state index in [2.05, 4.69) is 15.0 Å². The van der Waals surface area contributed by atoms with Crippen LogP contribution in [0.2, 0.25) is 0 Å². The van der Waals surface area contributed by atoms with Crippen LogP contribution >= 0.6 is 0 Å². The molecule has 0 radical (unpaired) electrons. The number of nitrogens with two attached hydrogens (primary N) is 1. The number of aliphatic hydroxyl groups excluding tert-OH is 1. The van der Waals surface area contributed by atoms with Crippen LogP contribution in [0.1, 0.15) is 21.6 Å². The van der Waals surface area contributed by atoms with Gasteiger partial charge in [0.2, 0.25) is 5.95 Å². The van der Waals surface area contributed by atoms with Crippen LogP contribution < -0.4 is 5.73 Å². The third kappa shape index (κ3) is 3.33. The van der Waals surface area contributed by atoms with Crippen LogP contribution in [0, 0.1) is 12.8 Å². The molecule has 138 valence electrons. The number of fused-ring (bicyclic) bond motifs is 1. The number of likely N-dealkylation sites (tertiary alicyclic amines) is 1. The summed E-state index contributed by atoms with van der Waals surface area (Å²) in [4.78, 5) is 26.8. The van der Waals surface area contributed by atoms with Crippen molar-refractivity contribution in [2.75, 3.05) is 18.8 Å². The van der Waals surface area contributed by atoms with Gasteiger partial charge in [0, 0.05) is 36.8 Å². The summed E-state index contributed by atoms with van der Waals surface area (Å²) in [7, 11) is 0. The van der Waals surface area contributed by atoms with Gasteiger partial charge in [-0.3, -0.25) is 9.78 Å². The lowest BCUT2D eigenvalue weighted by molar-refractivity contribution is 0.0763. The quantitative estimate of drug-likeness (QED) is 0.732. The molecule has 1 saturated heterocycles. The van der Waals surface area contributed by atoms with Gasteiger partial charge in [0.15, 0.2) is 0 Å². The molecule has 3 aromatic rings.